The normalized spacial score (nSPS) is 15.0. The Morgan fingerprint density at radius 2 is 1.78 bits per heavy atom. The van der Waals surface area contributed by atoms with Crippen molar-refractivity contribution in [2.24, 2.45) is 5.73 Å². The molecule has 0 aliphatic carbocycles. The largest absolute Gasteiger partial charge is 0.457 e. The first kappa shape index (κ1) is 16.1. The van der Waals surface area contributed by atoms with Crippen molar-refractivity contribution in [3.8, 4) is 11.5 Å². The summed E-state index contributed by atoms with van der Waals surface area (Å²) in [4.78, 5) is 0. The quantitative estimate of drug-likeness (QED) is 0.869. The van der Waals surface area contributed by atoms with Gasteiger partial charge in [0.15, 0.2) is 0 Å². The van der Waals surface area contributed by atoms with Gasteiger partial charge in [0.25, 0.3) is 0 Å². The molecule has 2 aromatic rings. The van der Waals surface area contributed by atoms with Crippen LogP contribution in [-0.2, 0) is 11.3 Å². The molecule has 1 atom stereocenters. The first-order valence-corrected chi connectivity index (χ1v) is 8.28. The summed E-state index contributed by atoms with van der Waals surface area (Å²) in [5.41, 5.74) is 10.8. The summed E-state index contributed by atoms with van der Waals surface area (Å²) >= 11 is 0. The van der Waals surface area contributed by atoms with Crippen LogP contribution in [0.15, 0.2) is 36.4 Å². The molecule has 0 saturated carbocycles. The van der Waals surface area contributed by atoms with Crippen molar-refractivity contribution in [3.63, 3.8) is 0 Å². The van der Waals surface area contributed by atoms with Gasteiger partial charge in [-0.25, -0.2) is 0 Å². The Morgan fingerprint density at radius 1 is 1.09 bits per heavy atom. The summed E-state index contributed by atoms with van der Waals surface area (Å²) in [5, 5.41) is 0. The van der Waals surface area contributed by atoms with Gasteiger partial charge in [-0.2, -0.15) is 0 Å². The minimum absolute atomic E-state index is 0.0354. The van der Waals surface area contributed by atoms with E-state index in [2.05, 4.69) is 32.8 Å². The molecule has 3 rings (SSSR count). The molecule has 1 heterocycles. The van der Waals surface area contributed by atoms with Crippen molar-refractivity contribution < 1.29 is 9.39 Å². The number of nitrogens with two attached hydrogens (primary N) is 1. The van der Waals surface area contributed by atoms with Crippen LogP contribution in [0.3, 0.4) is 0 Å². The Bertz CT molecular complexity index is 695. The fourth-order valence-electron chi connectivity index (χ4n) is 3.22. The molecule has 120 valence electrons. The molecular weight excluding hydrogens is 285 g/mol. The Hall–Kier alpha value is -1.78. The highest BCUT2D eigenvalue weighted by molar-refractivity contribution is 6.68. The molecule has 1 aliphatic heterocycles. The van der Waals surface area contributed by atoms with E-state index in [1.54, 1.807) is 0 Å². The number of ether oxygens (including phenoxy) is 1. The molecule has 0 amide bonds. The van der Waals surface area contributed by atoms with E-state index in [9.17, 15) is 0 Å². The first-order valence-electron chi connectivity index (χ1n) is 8.28. The number of fused-ring (bicyclic) bond motifs is 1. The summed E-state index contributed by atoms with van der Waals surface area (Å²) in [6, 6.07) is 12.2. The van der Waals surface area contributed by atoms with Gasteiger partial charge in [-0.05, 0) is 53.2 Å². The predicted molar refractivity (Wildman–Crippen MR) is 95.7 cm³/mol. The number of benzene rings is 2. The van der Waals surface area contributed by atoms with Crippen LogP contribution in [0.5, 0.6) is 11.5 Å². The Morgan fingerprint density at radius 3 is 2.39 bits per heavy atom. The fraction of sp³-hybridized carbons (Fsp3) is 0.368. The van der Waals surface area contributed by atoms with E-state index in [1.807, 2.05) is 31.2 Å². The molecule has 0 unspecified atom stereocenters. The molecule has 0 aromatic heterocycles. The molecule has 2 aromatic carbocycles. The third-order valence-electron chi connectivity index (χ3n) is 4.44. The minimum Gasteiger partial charge on any atom is -0.457 e. The topological polar surface area (TPSA) is 44.5 Å². The van der Waals surface area contributed by atoms with Crippen molar-refractivity contribution in [2.75, 3.05) is 0 Å². The van der Waals surface area contributed by atoms with Gasteiger partial charge < -0.3 is 15.1 Å². The highest BCUT2D eigenvalue weighted by Crippen LogP contribution is 2.32. The predicted octanol–water partition coefficient (Wildman–Crippen LogP) is 3.98. The van der Waals surface area contributed by atoms with Gasteiger partial charge in [0.2, 0.25) is 0 Å². The SMILES string of the molecule is CB1OCc2ccc(Oc3ccc([C@H](C)N)cc3)c(C(C)C)c21. The number of rotatable bonds is 4. The van der Waals surface area contributed by atoms with Crippen molar-refractivity contribution in [3.05, 3.63) is 53.1 Å². The Kier molecular flexibility index (Phi) is 4.47. The summed E-state index contributed by atoms with van der Waals surface area (Å²) < 4.78 is 12.0. The van der Waals surface area contributed by atoms with Crippen molar-refractivity contribution >= 4 is 12.4 Å². The zero-order chi connectivity index (χ0) is 16.6. The van der Waals surface area contributed by atoms with Crippen LogP contribution in [-0.4, -0.2) is 6.92 Å². The molecule has 4 heteroatoms. The maximum atomic E-state index is 6.18. The van der Waals surface area contributed by atoms with Crippen molar-refractivity contribution in [1.82, 2.24) is 0 Å². The van der Waals surface area contributed by atoms with Crippen LogP contribution in [0, 0.1) is 0 Å². The molecule has 23 heavy (non-hydrogen) atoms. The molecule has 0 fully saturated rings. The van der Waals surface area contributed by atoms with Crippen LogP contribution in [0.25, 0.3) is 0 Å². The second kappa shape index (κ2) is 6.38. The van der Waals surface area contributed by atoms with Gasteiger partial charge >= 0.3 is 6.92 Å². The zero-order valence-corrected chi connectivity index (χ0v) is 14.3. The second-order valence-electron chi connectivity index (χ2n) is 6.62. The van der Waals surface area contributed by atoms with Crippen molar-refractivity contribution in [2.45, 2.75) is 46.2 Å². The average molecular weight is 309 g/mol. The highest BCUT2D eigenvalue weighted by atomic mass is 16.5. The number of hydrogen-bond acceptors (Lipinski definition) is 3. The molecule has 3 nitrogen and oxygen atoms in total. The fourth-order valence-corrected chi connectivity index (χ4v) is 3.22. The molecule has 0 spiro atoms. The maximum Gasteiger partial charge on any atom is 0.324 e. The second-order valence-corrected chi connectivity index (χ2v) is 6.62. The summed E-state index contributed by atoms with van der Waals surface area (Å²) in [6.45, 7) is 9.32. The zero-order valence-electron chi connectivity index (χ0n) is 14.3. The van der Waals surface area contributed by atoms with E-state index >= 15 is 0 Å². The van der Waals surface area contributed by atoms with E-state index in [1.165, 1.54) is 16.6 Å². The van der Waals surface area contributed by atoms with Crippen LogP contribution in [0.4, 0.5) is 0 Å². The summed E-state index contributed by atoms with van der Waals surface area (Å²) in [6.07, 6.45) is 0. The summed E-state index contributed by atoms with van der Waals surface area (Å²) in [5.74, 6) is 2.14. The van der Waals surface area contributed by atoms with Crippen LogP contribution >= 0.6 is 0 Å². The van der Waals surface area contributed by atoms with E-state index in [0.29, 0.717) is 12.5 Å². The smallest absolute Gasteiger partial charge is 0.324 e. The van der Waals surface area contributed by atoms with Gasteiger partial charge in [0.05, 0.1) is 6.61 Å². The average Bonchev–Trinajstić information content (AvgIpc) is 2.89. The third kappa shape index (κ3) is 3.14. The lowest BCUT2D eigenvalue weighted by Crippen LogP contribution is -2.29. The monoisotopic (exact) mass is 309 g/mol. The van der Waals surface area contributed by atoms with Crippen LogP contribution in [0.1, 0.15) is 49.4 Å². The van der Waals surface area contributed by atoms with Crippen molar-refractivity contribution in [1.29, 1.82) is 0 Å². The lowest BCUT2D eigenvalue weighted by Gasteiger charge is -2.19. The van der Waals surface area contributed by atoms with Crippen LogP contribution < -0.4 is 15.9 Å². The molecule has 0 saturated heterocycles. The number of hydrogen-bond donors (Lipinski definition) is 1. The van der Waals surface area contributed by atoms with Gasteiger partial charge in [-0.15, -0.1) is 0 Å². The molecule has 2 N–H and O–H groups in total. The van der Waals surface area contributed by atoms with Gasteiger partial charge in [0, 0.05) is 6.04 Å². The van der Waals surface area contributed by atoms with Crippen LogP contribution in [0.2, 0.25) is 6.82 Å². The van der Waals surface area contributed by atoms with Gasteiger partial charge in [0.1, 0.15) is 11.5 Å². The minimum atomic E-state index is 0.0354. The lowest BCUT2D eigenvalue weighted by molar-refractivity contribution is 0.333. The molecule has 1 aliphatic rings. The molecule has 0 bridgehead atoms. The van der Waals surface area contributed by atoms with Gasteiger partial charge in [-0.3, -0.25) is 0 Å². The third-order valence-corrected chi connectivity index (χ3v) is 4.44. The Labute approximate surface area is 138 Å². The highest BCUT2D eigenvalue weighted by Gasteiger charge is 2.29. The van der Waals surface area contributed by atoms with Gasteiger partial charge in [-0.1, -0.05) is 38.9 Å². The molecular formula is C19H24BNO2. The Balaban J connectivity index is 1.95. The van der Waals surface area contributed by atoms with E-state index in [-0.39, 0.29) is 13.0 Å². The van der Waals surface area contributed by atoms with E-state index in [0.717, 1.165) is 17.1 Å². The molecule has 0 radical (unpaired) electrons. The van der Waals surface area contributed by atoms with E-state index < -0.39 is 0 Å². The lowest BCUT2D eigenvalue weighted by atomic mass is 9.61. The maximum absolute atomic E-state index is 6.18. The summed E-state index contributed by atoms with van der Waals surface area (Å²) in [7, 11) is 0. The van der Waals surface area contributed by atoms with E-state index in [4.69, 9.17) is 15.1 Å². The first-order chi connectivity index (χ1) is 11.0. The standard InChI is InChI=1S/C19H24BNO2/c1-12(2)18-17(10-7-15-11-22-20(4)19(15)18)23-16-8-5-14(6-9-16)13(3)21/h5-10,12-13H,11,21H2,1-4H3/t13-/m0/s1.